The number of hydrogen-bond acceptors (Lipinski definition) is 0. The number of allylic oxidation sites excluding steroid dienone is 8. The molecule has 90 valence electrons. The maximum absolute atomic E-state index is 2.39. The predicted molar refractivity (Wildman–Crippen MR) is 78.1 cm³/mol. The lowest BCUT2D eigenvalue weighted by Crippen LogP contribution is -2.01. The van der Waals surface area contributed by atoms with Crippen molar-refractivity contribution in [2.75, 3.05) is 0 Å². The minimum atomic E-state index is 0.553. The van der Waals surface area contributed by atoms with E-state index in [0.717, 1.165) is 0 Å². The molecular formula is C18H18. The Balaban J connectivity index is 2.00. The largest absolute Gasteiger partial charge is 0.0693 e. The Morgan fingerprint density at radius 3 is 2.61 bits per heavy atom. The minimum Gasteiger partial charge on any atom is -0.0693 e. The summed E-state index contributed by atoms with van der Waals surface area (Å²) >= 11 is 0. The van der Waals surface area contributed by atoms with Crippen LogP contribution >= 0.6 is 0 Å². The summed E-state index contributed by atoms with van der Waals surface area (Å²) < 4.78 is 0. The third-order valence-electron chi connectivity index (χ3n) is 3.85. The van der Waals surface area contributed by atoms with Gasteiger partial charge in [0, 0.05) is 5.92 Å². The van der Waals surface area contributed by atoms with Gasteiger partial charge in [0.05, 0.1) is 0 Å². The minimum absolute atomic E-state index is 0.553. The third kappa shape index (κ3) is 1.99. The van der Waals surface area contributed by atoms with Gasteiger partial charge in [0.15, 0.2) is 0 Å². The molecule has 0 fully saturated rings. The fraction of sp³-hybridized carbons (Fsp3) is 0.222. The van der Waals surface area contributed by atoms with Gasteiger partial charge in [-0.3, -0.25) is 0 Å². The number of rotatable bonds is 2. The van der Waals surface area contributed by atoms with Crippen molar-refractivity contribution in [1.82, 2.24) is 0 Å². The van der Waals surface area contributed by atoms with Gasteiger partial charge in [-0.1, -0.05) is 73.2 Å². The topological polar surface area (TPSA) is 0 Å². The molecule has 0 radical (unpaired) electrons. The third-order valence-corrected chi connectivity index (χ3v) is 3.85. The molecule has 2 aliphatic rings. The van der Waals surface area contributed by atoms with Crippen molar-refractivity contribution in [1.29, 1.82) is 0 Å². The molecule has 1 unspecified atom stereocenters. The molecule has 1 atom stereocenters. The van der Waals surface area contributed by atoms with E-state index in [1.165, 1.54) is 29.6 Å². The van der Waals surface area contributed by atoms with E-state index < -0.39 is 0 Å². The van der Waals surface area contributed by atoms with Gasteiger partial charge in [0.2, 0.25) is 0 Å². The molecular weight excluding hydrogens is 216 g/mol. The lowest BCUT2D eigenvalue weighted by atomic mass is 9.87. The smallest absolute Gasteiger partial charge is 0.0132 e. The number of benzene rings is 1. The summed E-state index contributed by atoms with van der Waals surface area (Å²) in [6.45, 7) is 2.25. The van der Waals surface area contributed by atoms with Crippen LogP contribution in [0.2, 0.25) is 0 Å². The van der Waals surface area contributed by atoms with Crippen molar-refractivity contribution in [2.45, 2.75) is 19.8 Å². The highest BCUT2D eigenvalue weighted by Gasteiger charge is 2.25. The summed E-state index contributed by atoms with van der Waals surface area (Å²) in [6, 6.07) is 10.8. The van der Waals surface area contributed by atoms with Gasteiger partial charge in [0.25, 0.3) is 0 Å². The van der Waals surface area contributed by atoms with Crippen LogP contribution in [-0.4, -0.2) is 0 Å². The van der Waals surface area contributed by atoms with Crippen LogP contribution in [0.4, 0.5) is 0 Å². The van der Waals surface area contributed by atoms with Crippen molar-refractivity contribution >= 4 is 5.57 Å². The second kappa shape index (κ2) is 4.81. The van der Waals surface area contributed by atoms with E-state index in [4.69, 9.17) is 0 Å². The van der Waals surface area contributed by atoms with Gasteiger partial charge >= 0.3 is 0 Å². The summed E-state index contributed by atoms with van der Waals surface area (Å²) in [5.74, 6) is 0.553. The molecule has 0 aromatic heterocycles. The standard InChI is InChI=1S/C18H18/c1-2-14-12-16-10-6-7-11-17(18(16)13-14)15-8-4-3-5-9-15/h3-12,18H,2,13H2,1H3. The lowest BCUT2D eigenvalue weighted by Gasteiger charge is -2.16. The van der Waals surface area contributed by atoms with Gasteiger partial charge < -0.3 is 0 Å². The highest BCUT2D eigenvalue weighted by Crippen LogP contribution is 2.41. The van der Waals surface area contributed by atoms with Crippen LogP contribution in [-0.2, 0) is 0 Å². The summed E-state index contributed by atoms with van der Waals surface area (Å²) in [5, 5.41) is 0. The van der Waals surface area contributed by atoms with Crippen LogP contribution < -0.4 is 0 Å². The molecule has 1 aromatic carbocycles. The van der Waals surface area contributed by atoms with Gasteiger partial charge in [-0.2, -0.15) is 0 Å². The average Bonchev–Trinajstić information content (AvgIpc) is 2.73. The van der Waals surface area contributed by atoms with Crippen molar-refractivity contribution < 1.29 is 0 Å². The van der Waals surface area contributed by atoms with E-state index in [2.05, 4.69) is 67.6 Å². The second-order valence-electron chi connectivity index (χ2n) is 4.95. The highest BCUT2D eigenvalue weighted by molar-refractivity contribution is 5.74. The summed E-state index contributed by atoms with van der Waals surface area (Å²) in [6.07, 6.45) is 13.6. The van der Waals surface area contributed by atoms with Crippen molar-refractivity contribution in [3.05, 3.63) is 77.4 Å². The molecule has 0 heterocycles. The molecule has 1 aromatic rings. The van der Waals surface area contributed by atoms with E-state index in [-0.39, 0.29) is 0 Å². The molecule has 0 heteroatoms. The van der Waals surface area contributed by atoms with Gasteiger partial charge in [0.1, 0.15) is 0 Å². The van der Waals surface area contributed by atoms with Crippen LogP contribution in [0.15, 0.2) is 71.9 Å². The van der Waals surface area contributed by atoms with Crippen molar-refractivity contribution in [3.63, 3.8) is 0 Å². The van der Waals surface area contributed by atoms with E-state index in [1.54, 1.807) is 5.57 Å². The Hall–Kier alpha value is -1.82. The van der Waals surface area contributed by atoms with Crippen LogP contribution in [0.25, 0.3) is 5.57 Å². The van der Waals surface area contributed by atoms with Crippen molar-refractivity contribution in [2.24, 2.45) is 5.92 Å². The monoisotopic (exact) mass is 234 g/mol. The zero-order valence-electron chi connectivity index (χ0n) is 10.8. The normalized spacial score (nSPS) is 21.8. The zero-order chi connectivity index (χ0) is 12.4. The second-order valence-corrected chi connectivity index (χ2v) is 4.95. The van der Waals surface area contributed by atoms with E-state index in [0.29, 0.717) is 5.92 Å². The molecule has 0 aliphatic heterocycles. The maximum atomic E-state index is 2.39. The van der Waals surface area contributed by atoms with E-state index in [9.17, 15) is 0 Å². The molecule has 18 heavy (non-hydrogen) atoms. The molecule has 3 rings (SSSR count). The van der Waals surface area contributed by atoms with Gasteiger partial charge in [-0.05, 0) is 29.6 Å². The van der Waals surface area contributed by atoms with Gasteiger partial charge in [-0.15, -0.1) is 0 Å². The Morgan fingerprint density at radius 2 is 1.83 bits per heavy atom. The molecule has 2 aliphatic carbocycles. The summed E-state index contributed by atoms with van der Waals surface area (Å²) in [5.41, 5.74) is 5.85. The fourth-order valence-corrected chi connectivity index (χ4v) is 2.85. The number of hydrogen-bond donors (Lipinski definition) is 0. The first-order valence-electron chi connectivity index (χ1n) is 6.72. The SMILES string of the molecule is CCC1=CC2=CC=CC=C(c3ccccc3)C2C1. The van der Waals surface area contributed by atoms with Crippen LogP contribution in [0.1, 0.15) is 25.3 Å². The van der Waals surface area contributed by atoms with E-state index >= 15 is 0 Å². The summed E-state index contributed by atoms with van der Waals surface area (Å²) in [4.78, 5) is 0. The van der Waals surface area contributed by atoms with Crippen molar-refractivity contribution in [3.8, 4) is 0 Å². The first-order valence-corrected chi connectivity index (χ1v) is 6.72. The quantitative estimate of drug-likeness (QED) is 0.681. The summed E-state index contributed by atoms with van der Waals surface area (Å²) in [7, 11) is 0. The lowest BCUT2D eigenvalue weighted by molar-refractivity contribution is 0.805. The molecule has 0 bridgehead atoms. The molecule has 0 N–H and O–H groups in total. The first kappa shape index (κ1) is 11.3. The van der Waals surface area contributed by atoms with Crippen LogP contribution in [0, 0.1) is 5.92 Å². The first-order chi connectivity index (χ1) is 8.88. The van der Waals surface area contributed by atoms with Crippen LogP contribution in [0.3, 0.4) is 0 Å². The van der Waals surface area contributed by atoms with E-state index in [1.807, 2.05) is 0 Å². The molecule has 0 amide bonds. The number of fused-ring (bicyclic) bond motifs is 1. The van der Waals surface area contributed by atoms with Gasteiger partial charge in [-0.25, -0.2) is 0 Å². The molecule has 0 saturated carbocycles. The average molecular weight is 234 g/mol. The zero-order valence-corrected chi connectivity index (χ0v) is 10.8. The molecule has 0 spiro atoms. The highest BCUT2D eigenvalue weighted by atomic mass is 14.3. The fourth-order valence-electron chi connectivity index (χ4n) is 2.85. The Morgan fingerprint density at radius 1 is 1.06 bits per heavy atom. The molecule has 0 saturated heterocycles. The molecule has 0 nitrogen and oxygen atoms in total. The van der Waals surface area contributed by atoms with Crippen LogP contribution in [0.5, 0.6) is 0 Å². The Labute approximate surface area is 109 Å². The Bertz CT molecular complexity index is 553. The Kier molecular flexibility index (Phi) is 3.02. The maximum Gasteiger partial charge on any atom is 0.0132 e. The predicted octanol–water partition coefficient (Wildman–Crippen LogP) is 4.92.